The molecule has 0 bridgehead atoms. The number of para-hydroxylation sites is 1. The maximum atomic E-state index is 6.19. The highest BCUT2D eigenvalue weighted by atomic mass is 35.5. The molecule has 0 radical (unpaired) electrons. The molecule has 3 heteroatoms. The summed E-state index contributed by atoms with van der Waals surface area (Å²) in [6.07, 6.45) is 3.07. The fraction of sp³-hybridized carbons (Fsp3) is 0.385. The Morgan fingerprint density at radius 2 is 1.94 bits per heavy atom. The summed E-state index contributed by atoms with van der Waals surface area (Å²) < 4.78 is 0. The molecule has 0 saturated heterocycles. The van der Waals surface area contributed by atoms with Gasteiger partial charge in [0, 0.05) is 23.1 Å². The third kappa shape index (κ3) is 2.57. The van der Waals surface area contributed by atoms with Crippen LogP contribution in [0, 0.1) is 5.92 Å². The highest BCUT2D eigenvalue weighted by Gasteiger charge is 2.12. The summed E-state index contributed by atoms with van der Waals surface area (Å²) >= 11 is 0. The van der Waals surface area contributed by atoms with Gasteiger partial charge >= 0.3 is 0 Å². The van der Waals surface area contributed by atoms with E-state index >= 15 is 0 Å². The van der Waals surface area contributed by atoms with Crippen molar-refractivity contribution in [3.63, 3.8) is 0 Å². The third-order valence-corrected chi connectivity index (χ3v) is 2.75. The van der Waals surface area contributed by atoms with Crippen LogP contribution in [0.15, 0.2) is 30.5 Å². The maximum absolute atomic E-state index is 6.19. The molecule has 0 unspecified atom stereocenters. The van der Waals surface area contributed by atoms with Gasteiger partial charge in [0.05, 0.1) is 0 Å². The van der Waals surface area contributed by atoms with E-state index in [2.05, 4.69) is 37.0 Å². The van der Waals surface area contributed by atoms with Crippen molar-refractivity contribution in [2.45, 2.75) is 26.3 Å². The molecule has 1 atom stereocenters. The van der Waals surface area contributed by atoms with Crippen molar-refractivity contribution in [3.05, 3.63) is 36.0 Å². The first-order valence-electron chi connectivity index (χ1n) is 5.50. The average Bonchev–Trinajstić information content (AvgIpc) is 2.59. The van der Waals surface area contributed by atoms with Crippen LogP contribution in [0.4, 0.5) is 0 Å². The molecule has 0 fully saturated rings. The van der Waals surface area contributed by atoms with Crippen molar-refractivity contribution >= 4 is 23.3 Å². The fourth-order valence-corrected chi connectivity index (χ4v) is 2.04. The zero-order valence-corrected chi connectivity index (χ0v) is 10.6. The van der Waals surface area contributed by atoms with Crippen LogP contribution in [-0.2, 0) is 0 Å². The topological polar surface area (TPSA) is 41.8 Å². The zero-order valence-electron chi connectivity index (χ0n) is 9.73. The molecule has 1 aromatic carbocycles. The van der Waals surface area contributed by atoms with Gasteiger partial charge in [0.15, 0.2) is 0 Å². The minimum Gasteiger partial charge on any atom is -0.361 e. The Balaban J connectivity index is 0.00000128. The second-order valence-corrected chi connectivity index (χ2v) is 4.53. The minimum absolute atomic E-state index is 0. The first kappa shape index (κ1) is 13.1. The number of hydrogen-bond acceptors (Lipinski definition) is 1. The second kappa shape index (κ2) is 5.37. The Morgan fingerprint density at radius 1 is 1.25 bits per heavy atom. The molecule has 2 rings (SSSR count). The molecule has 0 saturated carbocycles. The summed E-state index contributed by atoms with van der Waals surface area (Å²) in [5.74, 6) is 0.633. The van der Waals surface area contributed by atoms with Gasteiger partial charge in [-0.1, -0.05) is 32.0 Å². The number of fused-ring (bicyclic) bond motifs is 1. The SMILES string of the molecule is CC(C)C[C@H](N)c1c[nH]c2ccccc12.Cl. The van der Waals surface area contributed by atoms with Crippen LogP contribution < -0.4 is 5.73 Å². The summed E-state index contributed by atoms with van der Waals surface area (Å²) in [5.41, 5.74) is 8.59. The lowest BCUT2D eigenvalue weighted by molar-refractivity contribution is 0.512. The standard InChI is InChI=1S/C13H18N2.ClH/c1-9(2)7-12(14)11-8-15-13-6-4-3-5-10(11)13;/h3-6,8-9,12,15H,7,14H2,1-2H3;1H/t12-;/m0./s1. The summed E-state index contributed by atoms with van der Waals surface area (Å²) in [6.45, 7) is 4.41. The molecule has 3 N–H and O–H groups in total. The van der Waals surface area contributed by atoms with Gasteiger partial charge in [-0.15, -0.1) is 12.4 Å². The molecule has 1 heterocycles. The lowest BCUT2D eigenvalue weighted by Crippen LogP contribution is -2.12. The zero-order chi connectivity index (χ0) is 10.8. The first-order chi connectivity index (χ1) is 7.18. The predicted molar refractivity (Wildman–Crippen MR) is 71.9 cm³/mol. The van der Waals surface area contributed by atoms with Crippen LogP contribution in [0.5, 0.6) is 0 Å². The van der Waals surface area contributed by atoms with Gasteiger partial charge in [-0.25, -0.2) is 0 Å². The van der Waals surface area contributed by atoms with E-state index in [0.717, 1.165) is 6.42 Å². The van der Waals surface area contributed by atoms with Crippen LogP contribution in [0.1, 0.15) is 31.9 Å². The van der Waals surface area contributed by atoms with Crippen LogP contribution in [-0.4, -0.2) is 4.98 Å². The predicted octanol–water partition coefficient (Wildman–Crippen LogP) is 3.64. The van der Waals surface area contributed by atoms with Crippen molar-refractivity contribution in [1.29, 1.82) is 0 Å². The van der Waals surface area contributed by atoms with Gasteiger partial charge < -0.3 is 10.7 Å². The third-order valence-electron chi connectivity index (χ3n) is 2.75. The van der Waals surface area contributed by atoms with E-state index in [1.807, 2.05) is 12.3 Å². The highest BCUT2D eigenvalue weighted by Crippen LogP contribution is 2.26. The van der Waals surface area contributed by atoms with Crippen LogP contribution in [0.25, 0.3) is 10.9 Å². The lowest BCUT2D eigenvalue weighted by Gasteiger charge is -2.13. The van der Waals surface area contributed by atoms with Crippen molar-refractivity contribution in [2.75, 3.05) is 0 Å². The molecule has 88 valence electrons. The van der Waals surface area contributed by atoms with Gasteiger partial charge in [0.1, 0.15) is 0 Å². The Bertz CT molecular complexity index is 448. The van der Waals surface area contributed by atoms with E-state index in [1.165, 1.54) is 16.5 Å². The van der Waals surface area contributed by atoms with Crippen molar-refractivity contribution in [1.82, 2.24) is 4.98 Å². The number of nitrogens with one attached hydrogen (secondary N) is 1. The van der Waals surface area contributed by atoms with E-state index in [9.17, 15) is 0 Å². The van der Waals surface area contributed by atoms with Crippen LogP contribution in [0.2, 0.25) is 0 Å². The summed E-state index contributed by atoms with van der Waals surface area (Å²) in [7, 11) is 0. The quantitative estimate of drug-likeness (QED) is 0.843. The van der Waals surface area contributed by atoms with Gasteiger partial charge in [-0.3, -0.25) is 0 Å². The molecule has 0 amide bonds. The summed E-state index contributed by atoms with van der Waals surface area (Å²) in [4.78, 5) is 3.26. The smallest absolute Gasteiger partial charge is 0.0457 e. The Morgan fingerprint density at radius 3 is 2.62 bits per heavy atom. The average molecular weight is 239 g/mol. The molecular weight excluding hydrogens is 220 g/mol. The Hall–Kier alpha value is -0.990. The Labute approximate surface area is 103 Å². The molecule has 2 aromatic rings. The number of rotatable bonds is 3. The molecule has 0 aliphatic carbocycles. The van der Waals surface area contributed by atoms with Gasteiger partial charge in [0.25, 0.3) is 0 Å². The fourth-order valence-electron chi connectivity index (χ4n) is 2.04. The molecule has 0 aliphatic rings. The number of aromatic amines is 1. The van der Waals surface area contributed by atoms with Crippen molar-refractivity contribution < 1.29 is 0 Å². The van der Waals surface area contributed by atoms with E-state index in [4.69, 9.17) is 5.73 Å². The largest absolute Gasteiger partial charge is 0.361 e. The maximum Gasteiger partial charge on any atom is 0.0457 e. The molecule has 1 aromatic heterocycles. The Kier molecular flexibility index (Phi) is 4.39. The molecule has 0 spiro atoms. The molecular formula is C13H19ClN2. The van der Waals surface area contributed by atoms with Gasteiger partial charge in [0.2, 0.25) is 0 Å². The molecule has 0 aliphatic heterocycles. The van der Waals surface area contributed by atoms with E-state index in [1.54, 1.807) is 0 Å². The summed E-state index contributed by atoms with van der Waals surface area (Å²) in [6, 6.07) is 8.45. The monoisotopic (exact) mass is 238 g/mol. The number of hydrogen-bond donors (Lipinski definition) is 2. The van der Waals surface area contributed by atoms with Crippen LogP contribution >= 0.6 is 12.4 Å². The number of nitrogens with two attached hydrogens (primary N) is 1. The van der Waals surface area contributed by atoms with E-state index < -0.39 is 0 Å². The lowest BCUT2D eigenvalue weighted by atomic mass is 9.97. The van der Waals surface area contributed by atoms with Crippen molar-refractivity contribution in [2.24, 2.45) is 11.7 Å². The summed E-state index contributed by atoms with van der Waals surface area (Å²) in [5, 5.41) is 1.26. The highest BCUT2D eigenvalue weighted by molar-refractivity contribution is 5.85. The van der Waals surface area contributed by atoms with Gasteiger partial charge in [-0.05, 0) is 24.0 Å². The second-order valence-electron chi connectivity index (χ2n) is 4.53. The molecule has 16 heavy (non-hydrogen) atoms. The van der Waals surface area contributed by atoms with Gasteiger partial charge in [-0.2, -0.15) is 0 Å². The first-order valence-corrected chi connectivity index (χ1v) is 5.50. The van der Waals surface area contributed by atoms with E-state index in [-0.39, 0.29) is 18.4 Å². The number of aromatic nitrogens is 1. The number of benzene rings is 1. The van der Waals surface area contributed by atoms with Crippen LogP contribution in [0.3, 0.4) is 0 Å². The number of H-pyrrole nitrogens is 1. The van der Waals surface area contributed by atoms with E-state index in [0.29, 0.717) is 5.92 Å². The normalized spacial score (nSPS) is 12.8. The number of halogens is 1. The minimum atomic E-state index is 0. The van der Waals surface area contributed by atoms with Crippen molar-refractivity contribution in [3.8, 4) is 0 Å². The molecule has 2 nitrogen and oxygen atoms in total.